The van der Waals surface area contributed by atoms with Gasteiger partial charge in [0.2, 0.25) is 5.95 Å². The second-order valence-electron chi connectivity index (χ2n) is 8.29. The number of hydrogen-bond acceptors (Lipinski definition) is 8. The minimum Gasteiger partial charge on any atom is -0.392 e. The van der Waals surface area contributed by atoms with Crippen LogP contribution in [0.25, 0.3) is 21.8 Å². The van der Waals surface area contributed by atoms with Gasteiger partial charge in [-0.2, -0.15) is 0 Å². The lowest BCUT2D eigenvalue weighted by atomic mass is 10.0. The number of thiazole rings is 1. The number of nitrogens with one attached hydrogen (secondary N) is 4. The zero-order valence-electron chi connectivity index (χ0n) is 20.1. The third-order valence-electron chi connectivity index (χ3n) is 4.72. The third kappa shape index (κ3) is 7.39. The predicted molar refractivity (Wildman–Crippen MR) is 138 cm³/mol. The summed E-state index contributed by atoms with van der Waals surface area (Å²) in [5.41, 5.74) is 3.28. The molecule has 0 radical (unpaired) electrons. The van der Waals surface area contributed by atoms with Gasteiger partial charge >= 0.3 is 6.03 Å². The van der Waals surface area contributed by atoms with Crippen LogP contribution in [0.5, 0.6) is 0 Å². The maximum Gasteiger partial charge on any atom is 0.315 e. The summed E-state index contributed by atoms with van der Waals surface area (Å²) in [5.74, 6) is 0.420. The van der Waals surface area contributed by atoms with Crippen LogP contribution in [-0.2, 0) is 6.54 Å². The van der Waals surface area contributed by atoms with Gasteiger partial charge < -0.3 is 26.4 Å². The molecular weight excluding hydrogens is 450 g/mol. The van der Waals surface area contributed by atoms with Gasteiger partial charge in [0.05, 0.1) is 22.4 Å². The van der Waals surface area contributed by atoms with E-state index in [1.807, 2.05) is 37.3 Å². The number of carbonyl (C=O) groups is 1. The molecule has 5 N–H and O–H groups in total. The third-order valence-corrected chi connectivity index (χ3v) is 5.67. The van der Waals surface area contributed by atoms with Gasteiger partial charge in [-0.25, -0.2) is 19.7 Å². The zero-order chi connectivity index (χ0) is 24.5. The summed E-state index contributed by atoms with van der Waals surface area (Å²) in [6.07, 6.45) is 2.13. The summed E-state index contributed by atoms with van der Waals surface area (Å²) in [5, 5.41) is 22.7. The molecule has 0 saturated carbocycles. The fraction of sp³-hybridized carbons (Fsp3) is 0.417. The molecule has 9 nitrogen and oxygen atoms in total. The Morgan fingerprint density at radius 2 is 1.88 bits per heavy atom. The van der Waals surface area contributed by atoms with Crippen LogP contribution in [0.1, 0.15) is 39.7 Å². The van der Waals surface area contributed by atoms with Crippen LogP contribution in [-0.4, -0.2) is 51.3 Å². The fourth-order valence-corrected chi connectivity index (χ4v) is 4.06. The van der Waals surface area contributed by atoms with E-state index in [9.17, 15) is 9.90 Å². The highest BCUT2D eigenvalue weighted by molar-refractivity contribution is 7.18. The lowest BCUT2D eigenvalue weighted by molar-refractivity contribution is 0.208. The molecule has 0 bridgehead atoms. The van der Waals surface area contributed by atoms with E-state index in [-0.39, 0.29) is 12.1 Å². The second-order valence-corrected chi connectivity index (χ2v) is 9.32. The molecule has 0 spiro atoms. The van der Waals surface area contributed by atoms with Crippen LogP contribution in [0.4, 0.5) is 15.9 Å². The van der Waals surface area contributed by atoms with Gasteiger partial charge in [-0.1, -0.05) is 42.5 Å². The number of urea groups is 1. The normalized spacial score (nSPS) is 11.8. The number of carbonyl (C=O) groups excluding carboxylic acids is 1. The Hall–Kier alpha value is -3.24. The van der Waals surface area contributed by atoms with Gasteiger partial charge in [0, 0.05) is 37.4 Å². The summed E-state index contributed by atoms with van der Waals surface area (Å²) >= 11 is 1.52. The minimum absolute atomic E-state index is 0.200. The monoisotopic (exact) mass is 483 g/mol. The highest BCUT2D eigenvalue weighted by Gasteiger charge is 2.15. The molecule has 10 heteroatoms. The summed E-state index contributed by atoms with van der Waals surface area (Å²) in [6, 6.07) is 9.83. The number of amides is 2. The summed E-state index contributed by atoms with van der Waals surface area (Å²) in [6.45, 7) is 9.16. The molecule has 0 aliphatic carbocycles. The van der Waals surface area contributed by atoms with Gasteiger partial charge in [-0.3, -0.25) is 0 Å². The number of hydrogen-bond donors (Lipinski definition) is 5. The molecule has 2 heterocycles. The zero-order valence-corrected chi connectivity index (χ0v) is 20.9. The Morgan fingerprint density at radius 1 is 1.12 bits per heavy atom. The molecule has 34 heavy (non-hydrogen) atoms. The molecule has 3 aromatic rings. The SMILES string of the molecule is CCCNC(=O)NCc1ccccc1-c1cc(-c2cnc(NC(C)C)s2)nc(NCC(C)O)n1. The topological polar surface area (TPSA) is 124 Å². The van der Waals surface area contributed by atoms with Crippen molar-refractivity contribution < 1.29 is 9.90 Å². The molecule has 3 rings (SSSR count). The number of nitrogens with zero attached hydrogens (tertiary/aromatic N) is 3. The highest BCUT2D eigenvalue weighted by Crippen LogP contribution is 2.32. The maximum absolute atomic E-state index is 12.1. The van der Waals surface area contributed by atoms with Crippen molar-refractivity contribution in [2.45, 2.75) is 52.8 Å². The number of anilines is 2. The molecular formula is C24H33N7O2S. The maximum atomic E-state index is 12.1. The number of rotatable bonds is 11. The average Bonchev–Trinajstić information content (AvgIpc) is 3.28. The quantitative estimate of drug-likeness (QED) is 0.278. The van der Waals surface area contributed by atoms with Crippen molar-refractivity contribution in [3.05, 3.63) is 42.1 Å². The van der Waals surface area contributed by atoms with Crippen molar-refractivity contribution in [2.24, 2.45) is 0 Å². The minimum atomic E-state index is -0.543. The van der Waals surface area contributed by atoms with Crippen molar-refractivity contribution in [3.8, 4) is 21.8 Å². The molecule has 0 aliphatic heterocycles. The van der Waals surface area contributed by atoms with E-state index in [4.69, 9.17) is 4.98 Å². The van der Waals surface area contributed by atoms with Gasteiger partial charge in [0.25, 0.3) is 0 Å². The number of aromatic nitrogens is 3. The highest BCUT2D eigenvalue weighted by atomic mass is 32.1. The molecule has 1 atom stereocenters. The first-order valence-electron chi connectivity index (χ1n) is 11.5. The van der Waals surface area contributed by atoms with Crippen molar-refractivity contribution >= 4 is 28.4 Å². The van der Waals surface area contributed by atoms with E-state index in [1.54, 1.807) is 13.1 Å². The van der Waals surface area contributed by atoms with Gasteiger partial charge in [0.15, 0.2) is 5.13 Å². The van der Waals surface area contributed by atoms with E-state index < -0.39 is 6.10 Å². The molecule has 0 saturated heterocycles. The van der Waals surface area contributed by atoms with Crippen LogP contribution in [0.2, 0.25) is 0 Å². The summed E-state index contributed by atoms with van der Waals surface area (Å²) in [7, 11) is 0. The van der Waals surface area contributed by atoms with E-state index in [2.05, 4.69) is 45.1 Å². The Morgan fingerprint density at radius 3 is 2.62 bits per heavy atom. The largest absolute Gasteiger partial charge is 0.392 e. The first-order chi connectivity index (χ1) is 16.4. The molecule has 1 unspecified atom stereocenters. The number of aliphatic hydroxyl groups is 1. The summed E-state index contributed by atoms with van der Waals surface area (Å²) in [4.78, 5) is 26.8. The molecule has 2 aromatic heterocycles. The number of benzene rings is 1. The Bertz CT molecular complexity index is 1080. The van der Waals surface area contributed by atoms with Crippen LogP contribution in [0.3, 0.4) is 0 Å². The lowest BCUT2D eigenvalue weighted by Gasteiger charge is -2.14. The van der Waals surface area contributed by atoms with E-state index in [1.165, 1.54) is 11.3 Å². The molecule has 1 aromatic carbocycles. The first-order valence-corrected chi connectivity index (χ1v) is 12.3. The Labute approximate surface area is 204 Å². The van der Waals surface area contributed by atoms with Crippen molar-refractivity contribution in [2.75, 3.05) is 23.7 Å². The Kier molecular flexibility index (Phi) is 9.17. The van der Waals surface area contributed by atoms with E-state index in [0.29, 0.717) is 25.6 Å². The molecule has 0 aliphatic rings. The smallest absolute Gasteiger partial charge is 0.315 e. The van der Waals surface area contributed by atoms with Crippen LogP contribution < -0.4 is 21.3 Å². The number of aliphatic hydroxyl groups excluding tert-OH is 1. The molecule has 2 amide bonds. The van der Waals surface area contributed by atoms with Crippen molar-refractivity contribution in [3.63, 3.8) is 0 Å². The van der Waals surface area contributed by atoms with Crippen LogP contribution in [0, 0.1) is 0 Å². The van der Waals surface area contributed by atoms with Gasteiger partial charge in [-0.05, 0) is 38.8 Å². The molecule has 0 fully saturated rings. The van der Waals surface area contributed by atoms with Crippen molar-refractivity contribution in [1.82, 2.24) is 25.6 Å². The first kappa shape index (κ1) is 25.4. The van der Waals surface area contributed by atoms with Crippen LogP contribution >= 0.6 is 11.3 Å². The van der Waals surface area contributed by atoms with Gasteiger partial charge in [-0.15, -0.1) is 0 Å². The second kappa shape index (κ2) is 12.3. The molecule has 182 valence electrons. The Balaban J connectivity index is 1.94. The average molecular weight is 484 g/mol. The van der Waals surface area contributed by atoms with E-state index >= 15 is 0 Å². The standard InChI is InChI=1S/C24H33N7O2S/c1-5-10-25-23(33)27-13-17-8-6-7-9-18(17)19-11-20(31-22(30-19)26-12-16(4)32)21-14-28-24(34-21)29-15(2)3/h6-9,11,14-16,32H,5,10,12-13H2,1-4H3,(H,28,29)(H2,25,27,33)(H,26,30,31). The van der Waals surface area contributed by atoms with Crippen molar-refractivity contribution in [1.29, 1.82) is 0 Å². The lowest BCUT2D eigenvalue weighted by Crippen LogP contribution is -2.35. The summed E-state index contributed by atoms with van der Waals surface area (Å²) < 4.78 is 0. The predicted octanol–water partition coefficient (Wildman–Crippen LogP) is 4.09. The van der Waals surface area contributed by atoms with Gasteiger partial charge in [0.1, 0.15) is 0 Å². The fourth-order valence-electron chi connectivity index (χ4n) is 3.14. The van der Waals surface area contributed by atoms with E-state index in [0.717, 1.165) is 38.9 Å². The van der Waals surface area contributed by atoms with Crippen LogP contribution in [0.15, 0.2) is 36.5 Å².